The first-order chi connectivity index (χ1) is 7.20. The lowest BCUT2D eigenvalue weighted by molar-refractivity contribution is 0.169. The number of fused-ring (bicyclic) bond motifs is 1. The van der Waals surface area contributed by atoms with E-state index in [4.69, 9.17) is 0 Å². The molecule has 1 N–H and O–H groups in total. The molecule has 0 amide bonds. The molecule has 2 heteroatoms. The first-order valence-corrected chi connectivity index (χ1v) is 5.22. The van der Waals surface area contributed by atoms with Gasteiger partial charge in [-0.15, -0.1) is 0 Å². The fourth-order valence-electron chi connectivity index (χ4n) is 1.77. The van der Waals surface area contributed by atoms with Gasteiger partial charge in [-0.3, -0.25) is 4.98 Å². The first kappa shape index (κ1) is 10.1. The van der Waals surface area contributed by atoms with Gasteiger partial charge in [-0.2, -0.15) is 0 Å². The fraction of sp³-hybridized carbons (Fsp3) is 0.308. The molecule has 2 unspecified atom stereocenters. The van der Waals surface area contributed by atoms with Crippen LogP contribution in [0, 0.1) is 0 Å². The minimum Gasteiger partial charge on any atom is -0.393 e. The number of nitrogens with zero attached hydrogens (tertiary/aromatic N) is 1. The Morgan fingerprint density at radius 2 is 1.87 bits per heavy atom. The second-order valence-electron chi connectivity index (χ2n) is 3.95. The molecule has 0 aliphatic carbocycles. The fourth-order valence-corrected chi connectivity index (χ4v) is 1.77. The van der Waals surface area contributed by atoms with Crippen molar-refractivity contribution >= 4 is 10.9 Å². The van der Waals surface area contributed by atoms with Crippen LogP contribution in [0.25, 0.3) is 10.9 Å². The Kier molecular flexibility index (Phi) is 2.69. The summed E-state index contributed by atoms with van der Waals surface area (Å²) in [4.78, 5) is 4.30. The molecule has 2 aromatic rings. The molecule has 0 fully saturated rings. The summed E-state index contributed by atoms with van der Waals surface area (Å²) in [5.41, 5.74) is 2.15. The molecule has 0 aliphatic heterocycles. The summed E-state index contributed by atoms with van der Waals surface area (Å²) in [6.07, 6.45) is 1.46. The van der Waals surface area contributed by atoms with Crippen molar-refractivity contribution in [3.8, 4) is 0 Å². The summed E-state index contributed by atoms with van der Waals surface area (Å²) in [6.45, 7) is 3.85. The third kappa shape index (κ3) is 1.85. The van der Waals surface area contributed by atoms with Crippen molar-refractivity contribution in [3.05, 3.63) is 42.1 Å². The Morgan fingerprint density at radius 3 is 2.60 bits per heavy atom. The zero-order valence-electron chi connectivity index (χ0n) is 9.01. The summed E-state index contributed by atoms with van der Waals surface area (Å²) in [5, 5.41) is 10.7. The van der Waals surface area contributed by atoms with E-state index in [0.29, 0.717) is 0 Å². The Bertz CT molecular complexity index is 460. The van der Waals surface area contributed by atoms with E-state index in [1.165, 1.54) is 0 Å². The third-order valence-corrected chi connectivity index (χ3v) is 2.90. The molecule has 15 heavy (non-hydrogen) atoms. The van der Waals surface area contributed by atoms with Crippen LogP contribution in [-0.4, -0.2) is 16.2 Å². The predicted molar refractivity (Wildman–Crippen MR) is 61.8 cm³/mol. The first-order valence-electron chi connectivity index (χ1n) is 5.22. The molecule has 0 aliphatic rings. The Hall–Kier alpha value is -1.41. The molecule has 2 atom stereocenters. The maximum absolute atomic E-state index is 9.61. The maximum Gasteiger partial charge on any atom is 0.0704 e. The summed E-state index contributed by atoms with van der Waals surface area (Å²) >= 11 is 0. The largest absolute Gasteiger partial charge is 0.393 e. The van der Waals surface area contributed by atoms with Gasteiger partial charge < -0.3 is 5.11 Å². The topological polar surface area (TPSA) is 33.1 Å². The molecule has 0 saturated carbocycles. The van der Waals surface area contributed by atoms with Gasteiger partial charge in [-0.05, 0) is 24.6 Å². The van der Waals surface area contributed by atoms with Crippen molar-refractivity contribution in [3.63, 3.8) is 0 Å². The Labute approximate surface area is 89.6 Å². The van der Waals surface area contributed by atoms with Crippen LogP contribution in [0.15, 0.2) is 36.5 Å². The zero-order valence-corrected chi connectivity index (χ0v) is 9.01. The van der Waals surface area contributed by atoms with Gasteiger partial charge in [0, 0.05) is 17.5 Å². The lowest BCUT2D eigenvalue weighted by atomic mass is 9.93. The van der Waals surface area contributed by atoms with Crippen molar-refractivity contribution in [2.24, 2.45) is 0 Å². The second kappa shape index (κ2) is 3.99. The van der Waals surface area contributed by atoms with E-state index < -0.39 is 0 Å². The smallest absolute Gasteiger partial charge is 0.0704 e. The number of aliphatic hydroxyl groups excluding tert-OH is 1. The van der Waals surface area contributed by atoms with Crippen molar-refractivity contribution in [1.29, 1.82) is 0 Å². The lowest BCUT2D eigenvalue weighted by Crippen LogP contribution is -2.11. The number of hydrogen-bond acceptors (Lipinski definition) is 2. The van der Waals surface area contributed by atoms with Crippen LogP contribution >= 0.6 is 0 Å². The number of benzene rings is 1. The molecule has 1 aromatic heterocycles. The summed E-state index contributed by atoms with van der Waals surface area (Å²) in [6, 6.07) is 10.0. The zero-order chi connectivity index (χ0) is 10.8. The molecule has 0 saturated heterocycles. The van der Waals surface area contributed by atoms with Gasteiger partial charge in [0.15, 0.2) is 0 Å². The van der Waals surface area contributed by atoms with Crippen molar-refractivity contribution < 1.29 is 5.11 Å². The molecule has 0 bridgehead atoms. The number of pyridine rings is 1. The second-order valence-corrected chi connectivity index (χ2v) is 3.95. The quantitative estimate of drug-likeness (QED) is 0.810. The summed E-state index contributed by atoms with van der Waals surface area (Å²) in [5.74, 6) is 0.137. The van der Waals surface area contributed by atoms with E-state index in [1.54, 1.807) is 6.20 Å². The number of hydrogen-bond donors (Lipinski definition) is 1. The van der Waals surface area contributed by atoms with Crippen molar-refractivity contribution in [2.75, 3.05) is 0 Å². The predicted octanol–water partition coefficient (Wildman–Crippen LogP) is 2.72. The van der Waals surface area contributed by atoms with Crippen molar-refractivity contribution in [1.82, 2.24) is 4.98 Å². The molecular formula is C13H15NO. The van der Waals surface area contributed by atoms with Crippen LogP contribution in [-0.2, 0) is 0 Å². The van der Waals surface area contributed by atoms with Gasteiger partial charge in [0.2, 0.25) is 0 Å². The normalized spacial score (nSPS) is 15.1. The van der Waals surface area contributed by atoms with E-state index in [-0.39, 0.29) is 12.0 Å². The SMILES string of the molecule is CC(O)C(C)c1ccnc2ccccc12. The van der Waals surface area contributed by atoms with Gasteiger partial charge >= 0.3 is 0 Å². The molecular weight excluding hydrogens is 186 g/mol. The highest BCUT2D eigenvalue weighted by molar-refractivity contribution is 5.82. The van der Waals surface area contributed by atoms with Gasteiger partial charge in [0.05, 0.1) is 11.6 Å². The maximum atomic E-state index is 9.61. The van der Waals surface area contributed by atoms with Crippen LogP contribution in [0.2, 0.25) is 0 Å². The number of aliphatic hydroxyl groups is 1. The molecule has 0 spiro atoms. The Morgan fingerprint density at radius 1 is 1.13 bits per heavy atom. The highest BCUT2D eigenvalue weighted by atomic mass is 16.3. The standard InChI is InChI=1S/C13H15NO/c1-9(10(2)15)11-7-8-14-13-6-4-3-5-12(11)13/h3-10,15H,1-2H3. The van der Waals surface area contributed by atoms with Gasteiger partial charge in [0.25, 0.3) is 0 Å². The summed E-state index contributed by atoms with van der Waals surface area (Å²) in [7, 11) is 0. The third-order valence-electron chi connectivity index (χ3n) is 2.90. The highest BCUT2D eigenvalue weighted by Gasteiger charge is 2.13. The minimum atomic E-state index is -0.337. The Balaban J connectivity index is 2.60. The molecule has 0 radical (unpaired) electrons. The lowest BCUT2D eigenvalue weighted by Gasteiger charge is -2.16. The minimum absolute atomic E-state index is 0.137. The average Bonchev–Trinajstić information content (AvgIpc) is 2.27. The van der Waals surface area contributed by atoms with Crippen LogP contribution in [0.3, 0.4) is 0 Å². The molecule has 2 nitrogen and oxygen atoms in total. The van der Waals surface area contributed by atoms with E-state index in [0.717, 1.165) is 16.5 Å². The molecule has 78 valence electrons. The van der Waals surface area contributed by atoms with E-state index in [1.807, 2.05) is 38.1 Å². The molecule has 2 rings (SSSR count). The van der Waals surface area contributed by atoms with Crippen LogP contribution in [0.5, 0.6) is 0 Å². The van der Waals surface area contributed by atoms with Gasteiger partial charge in [-0.25, -0.2) is 0 Å². The van der Waals surface area contributed by atoms with Crippen LogP contribution < -0.4 is 0 Å². The highest BCUT2D eigenvalue weighted by Crippen LogP contribution is 2.26. The average molecular weight is 201 g/mol. The van der Waals surface area contributed by atoms with Crippen molar-refractivity contribution in [2.45, 2.75) is 25.9 Å². The van der Waals surface area contributed by atoms with Gasteiger partial charge in [-0.1, -0.05) is 25.1 Å². The summed E-state index contributed by atoms with van der Waals surface area (Å²) < 4.78 is 0. The van der Waals surface area contributed by atoms with E-state index >= 15 is 0 Å². The molecule has 1 aromatic carbocycles. The van der Waals surface area contributed by atoms with Crippen LogP contribution in [0.4, 0.5) is 0 Å². The van der Waals surface area contributed by atoms with Crippen LogP contribution in [0.1, 0.15) is 25.3 Å². The number of para-hydroxylation sites is 1. The van der Waals surface area contributed by atoms with E-state index in [9.17, 15) is 5.11 Å². The monoisotopic (exact) mass is 201 g/mol. The van der Waals surface area contributed by atoms with Gasteiger partial charge in [0.1, 0.15) is 0 Å². The number of aromatic nitrogens is 1. The molecule has 1 heterocycles. The van der Waals surface area contributed by atoms with E-state index in [2.05, 4.69) is 11.1 Å². The number of rotatable bonds is 2.